The summed E-state index contributed by atoms with van der Waals surface area (Å²) in [6.07, 6.45) is -4.47. The molecule has 0 saturated heterocycles. The summed E-state index contributed by atoms with van der Waals surface area (Å²) in [5.74, 6) is 0. The van der Waals surface area contributed by atoms with Gasteiger partial charge in [0.1, 0.15) is 0 Å². The molecule has 0 N–H and O–H groups in total. The van der Waals surface area contributed by atoms with Crippen LogP contribution in [0.4, 0.5) is 13.2 Å². The molecule has 0 bridgehead atoms. The Morgan fingerprint density at radius 2 is 1.93 bits per heavy atom. The Labute approximate surface area is 88.5 Å². The highest BCUT2D eigenvalue weighted by atomic mass is 79.9. The fourth-order valence-electron chi connectivity index (χ4n) is 0.812. The third kappa shape index (κ3) is 2.55. The first-order valence-electron chi connectivity index (χ1n) is 3.28. The molecule has 0 aliphatic rings. The Hall–Kier alpha value is -0.400. The highest BCUT2D eigenvalue weighted by molar-refractivity contribution is 9.10. The smallest absolute Gasteiger partial charge is 0.416 e. The number of hydrogen-bond acceptors (Lipinski definition) is 2. The van der Waals surface area contributed by atoms with Crippen LogP contribution in [0.1, 0.15) is 5.56 Å². The van der Waals surface area contributed by atoms with Crippen molar-refractivity contribution >= 4 is 27.0 Å². The summed E-state index contributed by atoms with van der Waals surface area (Å²) in [7, 11) is 0. The van der Waals surface area contributed by atoms with E-state index in [1.165, 1.54) is 0 Å². The van der Waals surface area contributed by atoms with E-state index in [-0.39, 0.29) is 9.37 Å². The molecule has 2 nitrogen and oxygen atoms in total. The topological polar surface area (TPSA) is 40.1 Å². The Balaban J connectivity index is 3.20. The fourth-order valence-corrected chi connectivity index (χ4v) is 1.98. The minimum atomic E-state index is -4.47. The second-order valence-corrected chi connectivity index (χ2v) is 4.14. The van der Waals surface area contributed by atoms with Crippen LogP contribution in [0.5, 0.6) is 0 Å². The molecule has 0 spiro atoms. The summed E-state index contributed by atoms with van der Waals surface area (Å²) >= 11 is 0.207. The van der Waals surface area contributed by atoms with Gasteiger partial charge in [0, 0.05) is 9.37 Å². The van der Waals surface area contributed by atoms with Gasteiger partial charge in [-0.1, -0.05) is 0 Å². The molecule has 0 aromatic heterocycles. The first kappa shape index (κ1) is 11.7. The van der Waals surface area contributed by atoms with Crippen LogP contribution in [0.15, 0.2) is 27.6 Å². The van der Waals surface area contributed by atoms with E-state index in [4.69, 9.17) is 0 Å². The van der Waals surface area contributed by atoms with Crippen LogP contribution in [-0.4, -0.2) is 8.76 Å². The van der Waals surface area contributed by atoms with Crippen LogP contribution in [0.2, 0.25) is 0 Å². The van der Waals surface area contributed by atoms with E-state index >= 15 is 0 Å². The molecule has 0 fully saturated rings. The van der Waals surface area contributed by atoms with Gasteiger partial charge in [-0.05, 0) is 45.2 Å². The highest BCUT2D eigenvalue weighted by Crippen LogP contribution is 2.32. The van der Waals surface area contributed by atoms with E-state index in [2.05, 4.69) is 15.9 Å². The lowest BCUT2D eigenvalue weighted by Gasteiger charge is -2.11. The molecule has 1 aromatic carbocycles. The summed E-state index contributed by atoms with van der Waals surface area (Å²) in [5.41, 5.74) is -0.890. The summed E-state index contributed by atoms with van der Waals surface area (Å²) in [6, 6.07) is 2.34. The SMILES string of the molecule is O=S([O-])c1ccc(C(F)(F)F)cc1Br. The molecule has 1 aromatic rings. The highest BCUT2D eigenvalue weighted by Gasteiger charge is 2.30. The van der Waals surface area contributed by atoms with Crippen molar-refractivity contribution in [1.82, 2.24) is 0 Å². The van der Waals surface area contributed by atoms with Gasteiger partial charge in [0.25, 0.3) is 0 Å². The lowest BCUT2D eigenvalue weighted by Crippen LogP contribution is -2.05. The van der Waals surface area contributed by atoms with Crippen LogP contribution >= 0.6 is 15.9 Å². The predicted octanol–water partition coefficient (Wildman–Crippen LogP) is 2.71. The molecule has 0 aliphatic carbocycles. The van der Waals surface area contributed by atoms with E-state index in [1.54, 1.807) is 0 Å². The summed E-state index contributed by atoms with van der Waals surface area (Å²) in [4.78, 5) is -0.196. The second-order valence-electron chi connectivity index (χ2n) is 2.38. The lowest BCUT2D eigenvalue weighted by molar-refractivity contribution is -0.137. The Morgan fingerprint density at radius 1 is 1.36 bits per heavy atom. The van der Waals surface area contributed by atoms with Gasteiger partial charge in [-0.25, -0.2) is 0 Å². The fraction of sp³-hybridized carbons (Fsp3) is 0.143. The van der Waals surface area contributed by atoms with Crippen molar-refractivity contribution < 1.29 is 21.9 Å². The van der Waals surface area contributed by atoms with Crippen molar-refractivity contribution in [2.75, 3.05) is 0 Å². The van der Waals surface area contributed by atoms with Crippen molar-refractivity contribution in [3.63, 3.8) is 0 Å². The third-order valence-electron chi connectivity index (χ3n) is 1.44. The van der Waals surface area contributed by atoms with Crippen molar-refractivity contribution in [3.8, 4) is 0 Å². The molecule has 0 radical (unpaired) electrons. The molecule has 1 unspecified atom stereocenters. The van der Waals surface area contributed by atoms with E-state index in [9.17, 15) is 21.9 Å². The van der Waals surface area contributed by atoms with Gasteiger partial charge in [0.15, 0.2) is 0 Å². The van der Waals surface area contributed by atoms with Gasteiger partial charge < -0.3 is 4.55 Å². The van der Waals surface area contributed by atoms with Crippen molar-refractivity contribution in [3.05, 3.63) is 28.2 Å². The molecule has 0 aliphatic heterocycles. The normalized spacial score (nSPS) is 14.1. The number of rotatable bonds is 1. The van der Waals surface area contributed by atoms with Crippen LogP contribution in [0, 0.1) is 0 Å². The molecule has 1 rings (SSSR count). The Kier molecular flexibility index (Phi) is 3.33. The predicted molar refractivity (Wildman–Crippen MR) is 46.3 cm³/mol. The summed E-state index contributed by atoms with van der Waals surface area (Å²) in [6.45, 7) is 0. The maximum atomic E-state index is 12.1. The van der Waals surface area contributed by atoms with Gasteiger partial charge >= 0.3 is 6.18 Å². The zero-order valence-electron chi connectivity index (χ0n) is 6.47. The lowest BCUT2D eigenvalue weighted by atomic mass is 10.2. The van der Waals surface area contributed by atoms with Crippen LogP contribution < -0.4 is 0 Å². The number of hydrogen-bond donors (Lipinski definition) is 0. The minimum absolute atomic E-state index is 0.0966. The molecule has 0 amide bonds. The van der Waals surface area contributed by atoms with Gasteiger partial charge in [-0.3, -0.25) is 4.21 Å². The van der Waals surface area contributed by atoms with Crippen molar-refractivity contribution in [2.24, 2.45) is 0 Å². The average molecular weight is 288 g/mol. The number of halogens is 4. The Bertz CT molecular complexity index is 378. The first-order chi connectivity index (χ1) is 6.32. The standard InChI is InChI=1S/C7H4BrF3O2S/c8-5-3-4(7(9,10)11)1-2-6(5)14(12)13/h1-3H,(H,12,13)/p-1. The molecule has 7 heteroatoms. The summed E-state index contributed by atoms with van der Waals surface area (Å²) < 4.78 is 57.2. The molecule has 0 saturated carbocycles. The van der Waals surface area contributed by atoms with E-state index < -0.39 is 22.8 Å². The van der Waals surface area contributed by atoms with Crippen LogP contribution in [0.3, 0.4) is 0 Å². The van der Waals surface area contributed by atoms with Gasteiger partial charge in [0.2, 0.25) is 0 Å². The third-order valence-corrected chi connectivity index (χ3v) is 3.07. The molecule has 1 atom stereocenters. The maximum absolute atomic E-state index is 12.1. The average Bonchev–Trinajstić information content (AvgIpc) is 2.01. The largest absolute Gasteiger partial charge is 0.768 e. The molecule has 14 heavy (non-hydrogen) atoms. The van der Waals surface area contributed by atoms with E-state index in [1.807, 2.05) is 0 Å². The zero-order chi connectivity index (χ0) is 10.9. The van der Waals surface area contributed by atoms with Crippen molar-refractivity contribution in [2.45, 2.75) is 11.1 Å². The molecular weight excluding hydrogens is 285 g/mol. The number of alkyl halides is 3. The molecular formula is C7H3BrF3O2S-. The number of benzene rings is 1. The zero-order valence-corrected chi connectivity index (χ0v) is 8.87. The monoisotopic (exact) mass is 287 g/mol. The van der Waals surface area contributed by atoms with Gasteiger partial charge in [0.05, 0.1) is 5.56 Å². The first-order valence-corrected chi connectivity index (χ1v) is 5.15. The molecule has 0 heterocycles. The van der Waals surface area contributed by atoms with E-state index in [0.29, 0.717) is 0 Å². The minimum Gasteiger partial charge on any atom is -0.768 e. The Morgan fingerprint density at radius 3 is 2.29 bits per heavy atom. The second kappa shape index (κ2) is 4.00. The summed E-state index contributed by atoms with van der Waals surface area (Å²) in [5, 5.41) is 0. The van der Waals surface area contributed by atoms with E-state index in [0.717, 1.165) is 18.2 Å². The van der Waals surface area contributed by atoms with Crippen molar-refractivity contribution in [1.29, 1.82) is 0 Å². The van der Waals surface area contributed by atoms with Crippen LogP contribution in [-0.2, 0) is 17.3 Å². The maximum Gasteiger partial charge on any atom is 0.416 e. The molecule has 78 valence electrons. The van der Waals surface area contributed by atoms with Crippen LogP contribution in [0.25, 0.3) is 0 Å². The quantitative estimate of drug-likeness (QED) is 0.745. The van der Waals surface area contributed by atoms with Gasteiger partial charge in [-0.15, -0.1) is 0 Å². The van der Waals surface area contributed by atoms with Gasteiger partial charge in [-0.2, -0.15) is 13.2 Å².